The van der Waals surface area contributed by atoms with Crippen LogP contribution in [0.25, 0.3) is 10.9 Å². The maximum absolute atomic E-state index is 9.20. The zero-order chi connectivity index (χ0) is 13.1. The number of para-hydroxylation sites is 1. The van der Waals surface area contributed by atoms with E-state index in [0.29, 0.717) is 0 Å². The topological polar surface area (TPSA) is 45.1 Å². The molecule has 0 saturated carbocycles. The van der Waals surface area contributed by atoms with E-state index in [9.17, 15) is 5.11 Å². The highest BCUT2D eigenvalue weighted by atomic mass is 16.3. The first-order chi connectivity index (χ1) is 8.61. The molecule has 1 heterocycles. The number of nitrogens with zero attached hydrogens (tertiary/aromatic N) is 1. The standard InChI is InChI=1S/C15H20N2O/c1-10(9-18)12(3)17-15-8-11(2)16-14-7-5-4-6-13(14)15/h4-8,10,12,18H,9H2,1-3H3,(H,16,17). The molecule has 2 atom stereocenters. The molecular formula is C15H20N2O. The molecule has 0 aliphatic heterocycles. The lowest BCUT2D eigenvalue weighted by Gasteiger charge is -2.21. The Kier molecular flexibility index (Phi) is 3.82. The Morgan fingerprint density at radius 3 is 2.72 bits per heavy atom. The molecule has 0 amide bonds. The number of benzene rings is 1. The quantitative estimate of drug-likeness (QED) is 0.869. The molecular weight excluding hydrogens is 224 g/mol. The van der Waals surface area contributed by atoms with Gasteiger partial charge < -0.3 is 10.4 Å². The minimum Gasteiger partial charge on any atom is -0.396 e. The van der Waals surface area contributed by atoms with Gasteiger partial charge in [-0.05, 0) is 31.9 Å². The van der Waals surface area contributed by atoms with Gasteiger partial charge in [0.25, 0.3) is 0 Å². The second kappa shape index (κ2) is 5.36. The lowest BCUT2D eigenvalue weighted by Crippen LogP contribution is -2.26. The van der Waals surface area contributed by atoms with Crippen LogP contribution in [-0.2, 0) is 0 Å². The van der Waals surface area contributed by atoms with Gasteiger partial charge in [-0.2, -0.15) is 0 Å². The molecule has 2 N–H and O–H groups in total. The van der Waals surface area contributed by atoms with Crippen LogP contribution in [0.5, 0.6) is 0 Å². The van der Waals surface area contributed by atoms with Crippen LogP contribution in [0.4, 0.5) is 5.69 Å². The summed E-state index contributed by atoms with van der Waals surface area (Å²) in [5.74, 6) is 0.220. The molecule has 0 spiro atoms. The number of aromatic nitrogens is 1. The molecule has 0 radical (unpaired) electrons. The third-order valence-corrected chi connectivity index (χ3v) is 3.37. The van der Waals surface area contributed by atoms with Crippen LogP contribution in [0.15, 0.2) is 30.3 Å². The minimum atomic E-state index is 0.191. The van der Waals surface area contributed by atoms with E-state index in [1.165, 1.54) is 0 Å². The van der Waals surface area contributed by atoms with Crippen LogP contribution < -0.4 is 5.32 Å². The van der Waals surface area contributed by atoms with Gasteiger partial charge in [0.05, 0.1) is 5.52 Å². The Hall–Kier alpha value is -1.61. The van der Waals surface area contributed by atoms with Crippen molar-refractivity contribution in [2.45, 2.75) is 26.8 Å². The van der Waals surface area contributed by atoms with E-state index in [4.69, 9.17) is 0 Å². The van der Waals surface area contributed by atoms with Crippen molar-refractivity contribution in [2.75, 3.05) is 11.9 Å². The summed E-state index contributed by atoms with van der Waals surface area (Å²) in [6, 6.07) is 10.4. The monoisotopic (exact) mass is 244 g/mol. The van der Waals surface area contributed by atoms with Gasteiger partial charge >= 0.3 is 0 Å². The van der Waals surface area contributed by atoms with Crippen molar-refractivity contribution in [3.8, 4) is 0 Å². The van der Waals surface area contributed by atoms with Gasteiger partial charge in [-0.3, -0.25) is 4.98 Å². The van der Waals surface area contributed by atoms with Crippen molar-refractivity contribution in [1.82, 2.24) is 4.98 Å². The van der Waals surface area contributed by atoms with E-state index in [0.717, 1.165) is 22.3 Å². The smallest absolute Gasteiger partial charge is 0.0725 e. The zero-order valence-corrected chi connectivity index (χ0v) is 11.1. The van der Waals surface area contributed by atoms with Crippen molar-refractivity contribution in [3.63, 3.8) is 0 Å². The number of rotatable bonds is 4. The summed E-state index contributed by atoms with van der Waals surface area (Å²) in [5.41, 5.74) is 3.09. The summed E-state index contributed by atoms with van der Waals surface area (Å²) in [5, 5.41) is 13.8. The molecule has 0 aliphatic rings. The number of fused-ring (bicyclic) bond motifs is 1. The van der Waals surface area contributed by atoms with Crippen LogP contribution in [0.3, 0.4) is 0 Å². The van der Waals surface area contributed by atoms with Crippen molar-refractivity contribution < 1.29 is 5.11 Å². The Morgan fingerprint density at radius 1 is 1.28 bits per heavy atom. The first-order valence-electron chi connectivity index (χ1n) is 6.35. The normalized spacial score (nSPS) is 14.4. The lowest BCUT2D eigenvalue weighted by molar-refractivity contribution is 0.226. The molecule has 0 saturated heterocycles. The summed E-state index contributed by atoms with van der Waals surface area (Å²) in [4.78, 5) is 4.52. The number of aryl methyl sites for hydroxylation is 1. The Balaban J connectivity index is 2.38. The summed E-state index contributed by atoms with van der Waals surface area (Å²) in [7, 11) is 0. The van der Waals surface area contributed by atoms with Crippen LogP contribution in [0, 0.1) is 12.8 Å². The average Bonchev–Trinajstić information content (AvgIpc) is 2.37. The molecule has 0 fully saturated rings. The van der Waals surface area contributed by atoms with Crippen molar-refractivity contribution >= 4 is 16.6 Å². The van der Waals surface area contributed by atoms with E-state index in [1.54, 1.807) is 0 Å². The van der Waals surface area contributed by atoms with Crippen LogP contribution in [0.2, 0.25) is 0 Å². The summed E-state index contributed by atoms with van der Waals surface area (Å²) >= 11 is 0. The Bertz CT molecular complexity index is 539. The minimum absolute atomic E-state index is 0.191. The van der Waals surface area contributed by atoms with Gasteiger partial charge in [0.1, 0.15) is 0 Å². The summed E-state index contributed by atoms with van der Waals surface area (Å²) in [6.45, 7) is 6.31. The molecule has 2 rings (SSSR count). The van der Waals surface area contributed by atoms with Crippen LogP contribution in [-0.4, -0.2) is 22.7 Å². The van der Waals surface area contributed by atoms with E-state index < -0.39 is 0 Å². The average molecular weight is 244 g/mol. The van der Waals surface area contributed by atoms with E-state index >= 15 is 0 Å². The highest BCUT2D eigenvalue weighted by Gasteiger charge is 2.12. The Morgan fingerprint density at radius 2 is 2.00 bits per heavy atom. The van der Waals surface area contributed by atoms with Crippen molar-refractivity contribution in [1.29, 1.82) is 0 Å². The Labute approximate surface area is 108 Å². The number of aliphatic hydroxyl groups is 1. The maximum atomic E-state index is 9.20. The second-order valence-electron chi connectivity index (χ2n) is 4.92. The lowest BCUT2D eigenvalue weighted by atomic mass is 10.0. The molecule has 0 bridgehead atoms. The van der Waals surface area contributed by atoms with E-state index in [1.807, 2.05) is 32.0 Å². The molecule has 18 heavy (non-hydrogen) atoms. The number of anilines is 1. The fourth-order valence-electron chi connectivity index (χ4n) is 1.97. The fraction of sp³-hybridized carbons (Fsp3) is 0.400. The first-order valence-corrected chi connectivity index (χ1v) is 6.35. The van der Waals surface area contributed by atoms with Crippen molar-refractivity contribution in [2.24, 2.45) is 5.92 Å². The van der Waals surface area contributed by atoms with E-state index in [2.05, 4.69) is 29.4 Å². The molecule has 2 aromatic rings. The van der Waals surface area contributed by atoms with Gasteiger partial charge in [-0.1, -0.05) is 25.1 Å². The first kappa shape index (κ1) is 12.8. The van der Waals surface area contributed by atoms with Crippen LogP contribution in [0.1, 0.15) is 19.5 Å². The maximum Gasteiger partial charge on any atom is 0.0725 e. The molecule has 3 nitrogen and oxygen atoms in total. The van der Waals surface area contributed by atoms with Gasteiger partial charge in [-0.25, -0.2) is 0 Å². The SMILES string of the molecule is Cc1cc(NC(C)C(C)CO)c2ccccc2n1. The highest BCUT2D eigenvalue weighted by molar-refractivity contribution is 5.91. The van der Waals surface area contributed by atoms with Gasteiger partial charge in [0.15, 0.2) is 0 Å². The number of nitrogens with one attached hydrogen (secondary N) is 1. The largest absolute Gasteiger partial charge is 0.396 e. The van der Waals surface area contributed by atoms with Crippen LogP contribution >= 0.6 is 0 Å². The molecule has 2 unspecified atom stereocenters. The number of pyridine rings is 1. The van der Waals surface area contributed by atoms with Gasteiger partial charge in [0.2, 0.25) is 0 Å². The zero-order valence-electron chi connectivity index (χ0n) is 11.1. The molecule has 3 heteroatoms. The molecule has 1 aromatic carbocycles. The fourth-order valence-corrected chi connectivity index (χ4v) is 1.97. The van der Waals surface area contributed by atoms with Gasteiger partial charge in [0, 0.05) is 29.4 Å². The number of hydrogen-bond acceptors (Lipinski definition) is 3. The van der Waals surface area contributed by atoms with Gasteiger partial charge in [-0.15, -0.1) is 0 Å². The number of hydrogen-bond donors (Lipinski definition) is 2. The highest BCUT2D eigenvalue weighted by Crippen LogP contribution is 2.24. The molecule has 1 aromatic heterocycles. The second-order valence-corrected chi connectivity index (χ2v) is 4.92. The molecule has 96 valence electrons. The predicted octanol–water partition coefficient (Wildman–Crippen LogP) is 2.97. The summed E-state index contributed by atoms with van der Waals surface area (Å²) in [6.07, 6.45) is 0. The third kappa shape index (κ3) is 2.62. The third-order valence-electron chi connectivity index (χ3n) is 3.37. The summed E-state index contributed by atoms with van der Waals surface area (Å²) < 4.78 is 0. The number of aliphatic hydroxyl groups excluding tert-OH is 1. The van der Waals surface area contributed by atoms with Crippen molar-refractivity contribution in [3.05, 3.63) is 36.0 Å². The molecule has 0 aliphatic carbocycles. The predicted molar refractivity (Wildman–Crippen MR) is 75.8 cm³/mol. The van der Waals surface area contributed by atoms with E-state index in [-0.39, 0.29) is 18.6 Å².